The molecule has 0 aliphatic carbocycles. The first kappa shape index (κ1) is 24.2. The molecule has 0 saturated carbocycles. The minimum absolute atomic E-state index is 0.0152. The lowest BCUT2D eigenvalue weighted by Gasteiger charge is -2.31. The molecule has 0 unspecified atom stereocenters. The number of aromatic nitrogens is 7. The van der Waals surface area contributed by atoms with Crippen molar-refractivity contribution in [1.29, 1.82) is 0 Å². The summed E-state index contributed by atoms with van der Waals surface area (Å²) in [7, 11) is 0. The number of nitrogens with one attached hydrogen (secondary N) is 1. The Balaban J connectivity index is 1.24. The van der Waals surface area contributed by atoms with Gasteiger partial charge in [-0.25, -0.2) is 29.4 Å². The monoisotopic (exact) mass is 519 g/mol. The van der Waals surface area contributed by atoms with E-state index in [1.54, 1.807) is 21.8 Å². The first-order valence-electron chi connectivity index (χ1n) is 12.4. The number of rotatable bonds is 6. The van der Waals surface area contributed by atoms with E-state index in [1.165, 1.54) is 18.7 Å². The third-order valence-electron chi connectivity index (χ3n) is 6.62. The Morgan fingerprint density at radius 2 is 2.05 bits per heavy atom. The third kappa shape index (κ3) is 4.77. The maximum absolute atomic E-state index is 12.1. The number of amides is 1. The van der Waals surface area contributed by atoms with Crippen molar-refractivity contribution in [2.75, 3.05) is 11.9 Å². The molecular formula is C28H25N9O2. The van der Waals surface area contributed by atoms with E-state index in [0.717, 1.165) is 22.6 Å². The van der Waals surface area contributed by atoms with Crippen molar-refractivity contribution in [3.8, 4) is 11.5 Å². The molecule has 194 valence electrons. The van der Waals surface area contributed by atoms with Crippen LogP contribution in [-0.2, 0) is 4.79 Å². The quantitative estimate of drug-likeness (QED) is 0.323. The first-order valence-corrected chi connectivity index (χ1v) is 12.4. The predicted octanol–water partition coefficient (Wildman–Crippen LogP) is 4.50. The van der Waals surface area contributed by atoms with E-state index in [-0.39, 0.29) is 11.9 Å². The lowest BCUT2D eigenvalue weighted by Crippen LogP contribution is -2.40. The SMILES string of the molecule is C=CC(=O)N1CC=C(c2ncc3ncnc(Nc4ccc(Oc5ccn6ncnc6c5)c(C)c4)c3n2)C[C@H]1C. The average Bonchev–Trinajstić information content (AvgIpc) is 3.42. The fraction of sp³-hybridized carbons (Fsp3) is 0.179. The number of pyridine rings is 1. The number of aryl methyl sites for hydroxylation is 1. The van der Waals surface area contributed by atoms with Gasteiger partial charge in [0.15, 0.2) is 17.3 Å². The summed E-state index contributed by atoms with van der Waals surface area (Å²) in [6.07, 6.45) is 10.5. The molecular weight excluding hydrogens is 494 g/mol. The maximum Gasteiger partial charge on any atom is 0.246 e. The van der Waals surface area contributed by atoms with Crippen molar-refractivity contribution in [2.24, 2.45) is 0 Å². The van der Waals surface area contributed by atoms with Crippen LogP contribution in [0.3, 0.4) is 0 Å². The summed E-state index contributed by atoms with van der Waals surface area (Å²) in [6, 6.07) is 9.50. The third-order valence-corrected chi connectivity index (χ3v) is 6.62. The topological polar surface area (TPSA) is 123 Å². The van der Waals surface area contributed by atoms with E-state index in [9.17, 15) is 4.79 Å². The summed E-state index contributed by atoms with van der Waals surface area (Å²) >= 11 is 0. The lowest BCUT2D eigenvalue weighted by molar-refractivity contribution is -0.127. The number of nitrogens with zero attached hydrogens (tertiary/aromatic N) is 8. The number of carbonyl (C=O) groups is 1. The van der Waals surface area contributed by atoms with Gasteiger partial charge in [-0.1, -0.05) is 12.7 Å². The fourth-order valence-corrected chi connectivity index (χ4v) is 4.57. The maximum atomic E-state index is 12.1. The Labute approximate surface area is 223 Å². The number of fused-ring (bicyclic) bond motifs is 2. The van der Waals surface area contributed by atoms with Gasteiger partial charge in [-0.2, -0.15) is 5.10 Å². The summed E-state index contributed by atoms with van der Waals surface area (Å²) in [5.41, 5.74) is 4.70. The molecule has 0 saturated heterocycles. The van der Waals surface area contributed by atoms with Crippen LogP contribution in [0.4, 0.5) is 11.5 Å². The number of ether oxygens (including phenoxy) is 1. The molecule has 1 aliphatic rings. The zero-order valence-corrected chi connectivity index (χ0v) is 21.4. The van der Waals surface area contributed by atoms with Crippen LogP contribution < -0.4 is 10.1 Å². The van der Waals surface area contributed by atoms with Gasteiger partial charge in [0.05, 0.1) is 6.20 Å². The number of carbonyl (C=O) groups excluding carboxylic acids is 1. The van der Waals surface area contributed by atoms with Gasteiger partial charge in [0.25, 0.3) is 0 Å². The van der Waals surface area contributed by atoms with E-state index in [2.05, 4.69) is 36.9 Å². The molecule has 1 amide bonds. The molecule has 1 aliphatic heterocycles. The summed E-state index contributed by atoms with van der Waals surface area (Å²) in [5, 5.41) is 7.47. The van der Waals surface area contributed by atoms with Crippen LogP contribution in [0.1, 0.15) is 24.7 Å². The van der Waals surface area contributed by atoms with Gasteiger partial charge in [-0.15, -0.1) is 0 Å². The van der Waals surface area contributed by atoms with E-state index in [4.69, 9.17) is 9.72 Å². The second-order valence-electron chi connectivity index (χ2n) is 9.26. The smallest absolute Gasteiger partial charge is 0.246 e. The van der Waals surface area contributed by atoms with Crippen LogP contribution in [0.5, 0.6) is 11.5 Å². The Morgan fingerprint density at radius 1 is 1.15 bits per heavy atom. The van der Waals surface area contributed by atoms with Gasteiger partial charge in [-0.3, -0.25) is 4.79 Å². The minimum atomic E-state index is -0.0831. The van der Waals surface area contributed by atoms with Crippen molar-refractivity contribution in [3.05, 3.63) is 85.5 Å². The Morgan fingerprint density at radius 3 is 2.87 bits per heavy atom. The number of benzene rings is 1. The molecule has 11 nitrogen and oxygen atoms in total. The predicted molar refractivity (Wildman–Crippen MR) is 147 cm³/mol. The van der Waals surface area contributed by atoms with Crippen LogP contribution in [0.15, 0.2) is 74.1 Å². The molecule has 5 heterocycles. The summed E-state index contributed by atoms with van der Waals surface area (Å²) < 4.78 is 7.77. The molecule has 0 radical (unpaired) electrons. The summed E-state index contributed by atoms with van der Waals surface area (Å²) in [5.74, 6) is 2.49. The molecule has 39 heavy (non-hydrogen) atoms. The molecule has 11 heteroatoms. The van der Waals surface area contributed by atoms with Crippen molar-refractivity contribution >= 4 is 39.7 Å². The van der Waals surface area contributed by atoms with E-state index < -0.39 is 0 Å². The highest BCUT2D eigenvalue weighted by Gasteiger charge is 2.24. The highest BCUT2D eigenvalue weighted by Crippen LogP contribution is 2.31. The second kappa shape index (κ2) is 9.93. The number of hydrogen-bond acceptors (Lipinski definition) is 9. The molecule has 4 aromatic heterocycles. The highest BCUT2D eigenvalue weighted by atomic mass is 16.5. The van der Waals surface area contributed by atoms with Crippen molar-refractivity contribution < 1.29 is 9.53 Å². The fourth-order valence-electron chi connectivity index (χ4n) is 4.57. The zero-order valence-electron chi connectivity index (χ0n) is 21.4. The van der Waals surface area contributed by atoms with Crippen LogP contribution in [0.2, 0.25) is 0 Å². The Hall–Kier alpha value is -5.19. The van der Waals surface area contributed by atoms with Crippen molar-refractivity contribution in [2.45, 2.75) is 26.3 Å². The van der Waals surface area contributed by atoms with Gasteiger partial charge < -0.3 is 15.0 Å². The summed E-state index contributed by atoms with van der Waals surface area (Å²) in [4.78, 5) is 36.2. The summed E-state index contributed by atoms with van der Waals surface area (Å²) in [6.45, 7) is 8.06. The second-order valence-corrected chi connectivity index (χ2v) is 9.26. The molecule has 1 aromatic carbocycles. The van der Waals surface area contributed by atoms with Crippen molar-refractivity contribution in [3.63, 3.8) is 0 Å². The number of hydrogen-bond donors (Lipinski definition) is 1. The van der Waals surface area contributed by atoms with Crippen LogP contribution >= 0.6 is 0 Å². The molecule has 0 bridgehead atoms. The van der Waals surface area contributed by atoms with Gasteiger partial charge in [0, 0.05) is 30.5 Å². The molecule has 0 spiro atoms. The molecule has 1 atom stereocenters. The normalized spacial score (nSPS) is 15.3. The van der Waals surface area contributed by atoms with Gasteiger partial charge >= 0.3 is 0 Å². The Kier molecular flexibility index (Phi) is 6.16. The average molecular weight is 520 g/mol. The van der Waals surface area contributed by atoms with Crippen LogP contribution in [0, 0.1) is 6.92 Å². The van der Waals surface area contributed by atoms with Crippen LogP contribution in [0.25, 0.3) is 22.3 Å². The van der Waals surface area contributed by atoms with E-state index in [0.29, 0.717) is 47.0 Å². The van der Waals surface area contributed by atoms with Gasteiger partial charge in [-0.05, 0) is 61.7 Å². The molecule has 0 fully saturated rings. The zero-order chi connectivity index (χ0) is 26.9. The van der Waals surface area contributed by atoms with Crippen LogP contribution in [-0.4, -0.2) is 57.9 Å². The van der Waals surface area contributed by atoms with Gasteiger partial charge in [0.2, 0.25) is 5.91 Å². The molecule has 1 N–H and O–H groups in total. The Bertz CT molecular complexity index is 1760. The molecule has 6 rings (SSSR count). The standard InChI is InChI=1S/C28H25N9O2/c1-4-25(38)36-9-7-19(12-18(36)3)27-29-14-22-26(35-27)28(32-15-30-22)34-20-5-6-23(17(2)11-20)39-21-8-10-37-24(13-21)31-16-33-37/h4-8,10-11,13-16,18H,1,9,12H2,2-3H3,(H,30,32,34)/t18-/m1/s1. The highest BCUT2D eigenvalue weighted by molar-refractivity contribution is 5.89. The van der Waals surface area contributed by atoms with Gasteiger partial charge in [0.1, 0.15) is 35.2 Å². The lowest BCUT2D eigenvalue weighted by atomic mass is 10.0. The number of anilines is 2. The first-order chi connectivity index (χ1) is 19.0. The largest absolute Gasteiger partial charge is 0.457 e. The minimum Gasteiger partial charge on any atom is -0.457 e. The van der Waals surface area contributed by atoms with Crippen molar-refractivity contribution in [1.82, 2.24) is 39.4 Å². The van der Waals surface area contributed by atoms with E-state index >= 15 is 0 Å². The molecule has 5 aromatic rings. The van der Waals surface area contributed by atoms with E-state index in [1.807, 2.05) is 50.3 Å².